The van der Waals surface area contributed by atoms with E-state index in [1.807, 2.05) is 0 Å². The Balaban J connectivity index is 3.24. The van der Waals surface area contributed by atoms with Crippen molar-refractivity contribution in [2.24, 2.45) is 0 Å². The van der Waals surface area contributed by atoms with Crippen molar-refractivity contribution in [3.8, 4) is 5.88 Å². The summed E-state index contributed by atoms with van der Waals surface area (Å²) < 4.78 is 5.01. The molecule has 0 unspecified atom stereocenters. The molecule has 0 aliphatic heterocycles. The Morgan fingerprint density at radius 2 is 2.21 bits per heavy atom. The lowest BCUT2D eigenvalue weighted by atomic mass is 9.85. The minimum Gasteiger partial charge on any atom is -0.481 e. The van der Waals surface area contributed by atoms with Crippen LogP contribution in [0.15, 0.2) is 18.3 Å². The molecule has 1 heterocycles. The van der Waals surface area contributed by atoms with Crippen LogP contribution in [0.1, 0.15) is 19.4 Å². The minimum absolute atomic E-state index is 0.361. The summed E-state index contributed by atoms with van der Waals surface area (Å²) in [5.74, 6) is -0.538. The normalized spacial score (nSPS) is 11.1. The first-order chi connectivity index (χ1) is 6.50. The van der Waals surface area contributed by atoms with Crippen LogP contribution in [-0.4, -0.2) is 23.2 Å². The van der Waals surface area contributed by atoms with Gasteiger partial charge in [0.15, 0.2) is 0 Å². The molecule has 0 atom stereocenters. The maximum absolute atomic E-state index is 11.0. The summed E-state index contributed by atoms with van der Waals surface area (Å²) >= 11 is 0. The van der Waals surface area contributed by atoms with Gasteiger partial charge in [-0.2, -0.15) is 0 Å². The van der Waals surface area contributed by atoms with E-state index < -0.39 is 11.4 Å². The summed E-state index contributed by atoms with van der Waals surface area (Å²) in [6.45, 7) is 3.24. The van der Waals surface area contributed by atoms with E-state index in [1.54, 1.807) is 32.2 Å². The summed E-state index contributed by atoms with van der Waals surface area (Å²) in [5, 5.41) is 9.03. The highest BCUT2D eigenvalue weighted by Gasteiger charge is 2.32. The molecule has 1 N–H and O–H groups in total. The van der Waals surface area contributed by atoms with Crippen LogP contribution >= 0.6 is 0 Å². The SMILES string of the molecule is COc1ncccc1C(C)(C)C(=O)O. The van der Waals surface area contributed by atoms with Crippen LogP contribution in [0.25, 0.3) is 0 Å². The lowest BCUT2D eigenvalue weighted by Crippen LogP contribution is -2.29. The van der Waals surface area contributed by atoms with Gasteiger partial charge in [0.25, 0.3) is 0 Å². The Bertz CT molecular complexity index is 347. The van der Waals surface area contributed by atoms with Crippen LogP contribution in [0.2, 0.25) is 0 Å². The van der Waals surface area contributed by atoms with Crippen molar-refractivity contribution in [2.45, 2.75) is 19.3 Å². The van der Waals surface area contributed by atoms with Gasteiger partial charge >= 0.3 is 5.97 Å². The van der Waals surface area contributed by atoms with E-state index in [0.717, 1.165) is 0 Å². The monoisotopic (exact) mass is 195 g/mol. The van der Waals surface area contributed by atoms with E-state index in [0.29, 0.717) is 11.4 Å². The van der Waals surface area contributed by atoms with E-state index in [2.05, 4.69) is 4.98 Å². The number of aliphatic carboxylic acids is 1. The second-order valence-corrected chi connectivity index (χ2v) is 3.49. The molecule has 0 amide bonds. The van der Waals surface area contributed by atoms with Crippen molar-refractivity contribution in [1.82, 2.24) is 4.98 Å². The highest BCUT2D eigenvalue weighted by molar-refractivity contribution is 5.81. The highest BCUT2D eigenvalue weighted by Crippen LogP contribution is 2.29. The molecule has 76 valence electrons. The highest BCUT2D eigenvalue weighted by atomic mass is 16.5. The molecule has 0 fully saturated rings. The van der Waals surface area contributed by atoms with E-state index in [4.69, 9.17) is 9.84 Å². The van der Waals surface area contributed by atoms with Crippen LogP contribution in [0.5, 0.6) is 5.88 Å². The van der Waals surface area contributed by atoms with Crippen molar-refractivity contribution >= 4 is 5.97 Å². The molecule has 0 radical (unpaired) electrons. The van der Waals surface area contributed by atoms with E-state index in [9.17, 15) is 4.79 Å². The fourth-order valence-electron chi connectivity index (χ4n) is 1.14. The van der Waals surface area contributed by atoms with Crippen molar-refractivity contribution in [3.63, 3.8) is 0 Å². The number of nitrogens with zero attached hydrogens (tertiary/aromatic N) is 1. The second kappa shape index (κ2) is 3.65. The molecule has 1 rings (SSSR count). The number of carbonyl (C=O) groups is 1. The molecule has 0 bridgehead atoms. The van der Waals surface area contributed by atoms with E-state index in [1.165, 1.54) is 7.11 Å². The molecule has 4 heteroatoms. The number of hydrogen-bond acceptors (Lipinski definition) is 3. The van der Waals surface area contributed by atoms with Crippen molar-refractivity contribution in [1.29, 1.82) is 0 Å². The summed E-state index contributed by atoms with van der Waals surface area (Å²) in [6.07, 6.45) is 1.57. The Morgan fingerprint density at radius 3 is 2.71 bits per heavy atom. The molecular formula is C10H13NO3. The van der Waals surface area contributed by atoms with Crippen molar-refractivity contribution in [3.05, 3.63) is 23.9 Å². The summed E-state index contributed by atoms with van der Waals surface area (Å²) in [6, 6.07) is 3.41. The second-order valence-electron chi connectivity index (χ2n) is 3.49. The predicted octanol–water partition coefficient (Wildman–Crippen LogP) is 1.45. The van der Waals surface area contributed by atoms with Crippen molar-refractivity contribution in [2.75, 3.05) is 7.11 Å². The number of pyridine rings is 1. The van der Waals surface area contributed by atoms with Gasteiger partial charge in [-0.3, -0.25) is 4.79 Å². The first-order valence-corrected chi connectivity index (χ1v) is 4.23. The quantitative estimate of drug-likeness (QED) is 0.793. The molecule has 14 heavy (non-hydrogen) atoms. The van der Waals surface area contributed by atoms with Crippen LogP contribution in [-0.2, 0) is 10.2 Å². The molecule has 0 saturated carbocycles. The Morgan fingerprint density at radius 1 is 1.57 bits per heavy atom. The van der Waals surface area contributed by atoms with Gasteiger partial charge in [-0.1, -0.05) is 6.07 Å². The fourth-order valence-corrected chi connectivity index (χ4v) is 1.14. The van der Waals surface area contributed by atoms with Crippen LogP contribution in [0.3, 0.4) is 0 Å². The average Bonchev–Trinajstić information content (AvgIpc) is 2.17. The van der Waals surface area contributed by atoms with Gasteiger partial charge in [0.2, 0.25) is 5.88 Å². The largest absolute Gasteiger partial charge is 0.481 e. The lowest BCUT2D eigenvalue weighted by molar-refractivity contribution is -0.142. The zero-order valence-electron chi connectivity index (χ0n) is 8.44. The fraction of sp³-hybridized carbons (Fsp3) is 0.400. The summed E-state index contributed by atoms with van der Waals surface area (Å²) in [5.41, 5.74) is -0.408. The number of carboxylic acids is 1. The maximum Gasteiger partial charge on any atom is 0.313 e. The smallest absolute Gasteiger partial charge is 0.313 e. The van der Waals surface area contributed by atoms with Crippen LogP contribution < -0.4 is 4.74 Å². The number of rotatable bonds is 3. The predicted molar refractivity (Wildman–Crippen MR) is 51.5 cm³/mol. The van der Waals surface area contributed by atoms with Gasteiger partial charge in [-0.25, -0.2) is 4.98 Å². The number of carboxylic acid groups (broad SMARTS) is 1. The van der Waals surface area contributed by atoms with Gasteiger partial charge in [-0.15, -0.1) is 0 Å². The Labute approximate surface area is 82.5 Å². The molecular weight excluding hydrogens is 182 g/mol. The van der Waals surface area contributed by atoms with E-state index in [-0.39, 0.29) is 0 Å². The van der Waals surface area contributed by atoms with Gasteiger partial charge in [0.05, 0.1) is 12.5 Å². The van der Waals surface area contributed by atoms with Gasteiger partial charge < -0.3 is 9.84 Å². The van der Waals surface area contributed by atoms with Crippen LogP contribution in [0, 0.1) is 0 Å². The topological polar surface area (TPSA) is 59.4 Å². The standard InChI is InChI=1S/C10H13NO3/c1-10(2,9(12)13)7-5-4-6-11-8(7)14-3/h4-6H,1-3H3,(H,12,13). The third-order valence-corrected chi connectivity index (χ3v) is 2.17. The molecule has 4 nitrogen and oxygen atoms in total. The van der Waals surface area contributed by atoms with Crippen molar-refractivity contribution < 1.29 is 14.6 Å². The number of ether oxygens (including phenoxy) is 1. The molecule has 0 spiro atoms. The molecule has 0 aromatic carbocycles. The zero-order chi connectivity index (χ0) is 10.8. The summed E-state index contributed by atoms with van der Waals surface area (Å²) in [4.78, 5) is 15.0. The first kappa shape index (κ1) is 10.5. The van der Waals surface area contributed by atoms with Gasteiger partial charge in [0, 0.05) is 11.8 Å². The molecule has 0 aliphatic rings. The Hall–Kier alpha value is -1.58. The number of methoxy groups -OCH3 is 1. The number of hydrogen-bond donors (Lipinski definition) is 1. The molecule has 1 aromatic heterocycles. The Kier molecular flexibility index (Phi) is 2.74. The number of aromatic nitrogens is 1. The van der Waals surface area contributed by atoms with Crippen LogP contribution in [0.4, 0.5) is 0 Å². The zero-order valence-corrected chi connectivity index (χ0v) is 8.44. The minimum atomic E-state index is -0.987. The molecule has 0 aliphatic carbocycles. The average molecular weight is 195 g/mol. The van der Waals surface area contributed by atoms with E-state index >= 15 is 0 Å². The summed E-state index contributed by atoms with van der Waals surface area (Å²) in [7, 11) is 1.48. The maximum atomic E-state index is 11.0. The molecule has 0 saturated heterocycles. The first-order valence-electron chi connectivity index (χ1n) is 4.23. The van der Waals surface area contributed by atoms with Gasteiger partial charge in [0.1, 0.15) is 0 Å². The molecule has 1 aromatic rings. The lowest BCUT2D eigenvalue weighted by Gasteiger charge is -2.20. The third kappa shape index (κ3) is 1.69. The third-order valence-electron chi connectivity index (χ3n) is 2.17. The van der Waals surface area contributed by atoms with Gasteiger partial charge in [-0.05, 0) is 19.9 Å².